The lowest BCUT2D eigenvalue weighted by molar-refractivity contribution is 0.260. The van der Waals surface area contributed by atoms with Gasteiger partial charge in [0.2, 0.25) is 5.95 Å². The maximum Gasteiger partial charge on any atom is 0.306 e. The van der Waals surface area contributed by atoms with Gasteiger partial charge in [-0.1, -0.05) is 35.9 Å². The van der Waals surface area contributed by atoms with Gasteiger partial charge in [-0.05, 0) is 36.6 Å². The van der Waals surface area contributed by atoms with Gasteiger partial charge in [0.1, 0.15) is 23.8 Å². The molecule has 0 bridgehead atoms. The molecule has 1 saturated carbocycles. The minimum atomic E-state index is -0.936. The van der Waals surface area contributed by atoms with Crippen LogP contribution in [0.4, 0.5) is 10.3 Å². The molecule has 2 fully saturated rings. The number of imidazole rings is 1. The molecule has 2 aromatic heterocycles. The predicted molar refractivity (Wildman–Crippen MR) is 143 cm³/mol. The quantitative estimate of drug-likeness (QED) is 0.379. The summed E-state index contributed by atoms with van der Waals surface area (Å²) in [6.45, 7) is 1.75. The third-order valence-corrected chi connectivity index (χ3v) is 7.28. The van der Waals surface area contributed by atoms with Gasteiger partial charge in [-0.25, -0.2) is 4.39 Å². The number of anilines is 1. The molecule has 2 unspecified atom stereocenters. The van der Waals surface area contributed by atoms with Crippen molar-refractivity contribution in [1.29, 1.82) is 0 Å². The van der Waals surface area contributed by atoms with E-state index in [0.29, 0.717) is 47.5 Å². The van der Waals surface area contributed by atoms with Gasteiger partial charge in [-0.3, -0.25) is 13.9 Å². The van der Waals surface area contributed by atoms with Crippen LogP contribution in [-0.2, 0) is 13.6 Å². The monoisotopic (exact) mass is 538 g/mol. The number of alkyl halides is 1. The lowest BCUT2D eigenvalue weighted by atomic mass is 10.1. The number of fused-ring (bicyclic) bond motifs is 1. The minimum Gasteiger partial charge on any atom is -0.487 e. The number of benzene rings is 2. The SMILES string of the molecule is Cn1c(Oc2cccc(OC3CC3F)c2)nc2nc(N3CCC[C@@H](N)C3)n(Cc3ccccc3Cl)c2c1=O. The van der Waals surface area contributed by atoms with E-state index in [0.717, 1.165) is 24.9 Å². The fourth-order valence-electron chi connectivity index (χ4n) is 4.76. The number of rotatable bonds is 7. The lowest BCUT2D eigenvalue weighted by Crippen LogP contribution is -2.44. The van der Waals surface area contributed by atoms with Crippen molar-refractivity contribution < 1.29 is 13.9 Å². The van der Waals surface area contributed by atoms with Gasteiger partial charge in [0.25, 0.3) is 5.56 Å². The Balaban J connectivity index is 1.40. The van der Waals surface area contributed by atoms with Crippen molar-refractivity contribution >= 4 is 28.7 Å². The first-order chi connectivity index (χ1) is 18.4. The van der Waals surface area contributed by atoms with Gasteiger partial charge in [0.05, 0.1) is 6.54 Å². The van der Waals surface area contributed by atoms with E-state index >= 15 is 0 Å². The Kier molecular flexibility index (Phi) is 6.45. The number of ether oxygens (including phenoxy) is 2. The largest absolute Gasteiger partial charge is 0.487 e. The molecule has 38 heavy (non-hydrogen) atoms. The smallest absolute Gasteiger partial charge is 0.306 e. The van der Waals surface area contributed by atoms with E-state index in [-0.39, 0.29) is 23.3 Å². The van der Waals surface area contributed by atoms with Crippen LogP contribution in [0.25, 0.3) is 11.2 Å². The summed E-state index contributed by atoms with van der Waals surface area (Å²) in [5.41, 5.74) is 7.46. The Hall–Kier alpha value is -3.63. The summed E-state index contributed by atoms with van der Waals surface area (Å²) in [7, 11) is 1.60. The van der Waals surface area contributed by atoms with Crippen molar-refractivity contribution in [2.75, 3.05) is 18.0 Å². The number of hydrogen-bond donors (Lipinski definition) is 1. The average Bonchev–Trinajstić information content (AvgIpc) is 3.47. The fourth-order valence-corrected chi connectivity index (χ4v) is 4.95. The molecule has 1 saturated heterocycles. The van der Waals surface area contributed by atoms with Crippen LogP contribution in [0.2, 0.25) is 5.02 Å². The number of halogens is 2. The zero-order valence-corrected chi connectivity index (χ0v) is 21.6. The summed E-state index contributed by atoms with van der Waals surface area (Å²) in [5, 5.41) is 0.604. The third-order valence-electron chi connectivity index (χ3n) is 6.91. The predicted octanol–water partition coefficient (Wildman–Crippen LogP) is 4.04. The van der Waals surface area contributed by atoms with Crippen molar-refractivity contribution in [3.05, 3.63) is 69.5 Å². The standard InChI is InChI=1S/C27H28ClFN6O3/c1-33-25(36)23-24(32-27(33)38-19-9-4-8-18(12-19)37-22-13-21(22)29)31-26(34-11-5-7-17(30)15-34)35(23)14-16-6-2-3-10-20(16)28/h2-4,6,8-10,12,17,21-22H,5,7,11,13-15,30H2,1H3/t17-,21?,22?/m1/s1. The van der Waals surface area contributed by atoms with Crippen LogP contribution < -0.4 is 25.7 Å². The molecule has 2 aliphatic rings. The normalized spacial score (nSPS) is 21.1. The summed E-state index contributed by atoms with van der Waals surface area (Å²) >= 11 is 6.48. The van der Waals surface area contributed by atoms with E-state index in [4.69, 9.17) is 31.8 Å². The highest BCUT2D eigenvalue weighted by atomic mass is 35.5. The molecule has 6 rings (SSSR count). The van der Waals surface area contributed by atoms with Crippen LogP contribution in [0.1, 0.15) is 24.8 Å². The first-order valence-corrected chi connectivity index (χ1v) is 13.0. The van der Waals surface area contributed by atoms with Crippen molar-refractivity contribution in [2.45, 2.75) is 44.1 Å². The maximum atomic E-state index is 13.7. The van der Waals surface area contributed by atoms with E-state index in [1.807, 2.05) is 28.8 Å². The summed E-state index contributed by atoms with van der Waals surface area (Å²) < 4.78 is 28.1. The molecule has 4 aromatic rings. The number of piperidine rings is 1. The number of aromatic nitrogens is 4. The molecule has 2 N–H and O–H groups in total. The van der Waals surface area contributed by atoms with Crippen molar-refractivity contribution in [2.24, 2.45) is 12.8 Å². The Labute approximate surface area is 223 Å². The second kappa shape index (κ2) is 9.92. The number of nitrogens with zero attached hydrogens (tertiary/aromatic N) is 5. The molecular formula is C27H28ClFN6O3. The van der Waals surface area contributed by atoms with Gasteiger partial charge in [0.15, 0.2) is 11.2 Å². The van der Waals surface area contributed by atoms with E-state index in [9.17, 15) is 9.18 Å². The van der Waals surface area contributed by atoms with Crippen LogP contribution in [0.3, 0.4) is 0 Å². The fraction of sp³-hybridized carbons (Fsp3) is 0.370. The summed E-state index contributed by atoms with van der Waals surface area (Å²) in [5.74, 6) is 1.53. The Morgan fingerprint density at radius 2 is 1.95 bits per heavy atom. The zero-order valence-electron chi connectivity index (χ0n) is 20.9. The maximum absolute atomic E-state index is 13.7. The summed E-state index contributed by atoms with van der Waals surface area (Å²) in [6.07, 6.45) is 0.897. The first kappa shape index (κ1) is 24.7. The molecule has 3 heterocycles. The highest BCUT2D eigenvalue weighted by molar-refractivity contribution is 6.31. The molecule has 0 amide bonds. The van der Waals surface area contributed by atoms with Gasteiger partial charge in [-0.2, -0.15) is 9.97 Å². The van der Waals surface area contributed by atoms with Crippen molar-refractivity contribution in [1.82, 2.24) is 19.1 Å². The molecule has 0 spiro atoms. The highest BCUT2D eigenvalue weighted by Crippen LogP contribution is 2.33. The van der Waals surface area contributed by atoms with Crippen LogP contribution in [0, 0.1) is 0 Å². The topological polar surface area (TPSA) is 100 Å². The Morgan fingerprint density at radius 3 is 2.71 bits per heavy atom. The molecule has 2 aromatic carbocycles. The van der Waals surface area contributed by atoms with E-state index in [1.54, 1.807) is 31.3 Å². The van der Waals surface area contributed by atoms with E-state index in [1.165, 1.54) is 4.57 Å². The minimum absolute atomic E-state index is 0.0184. The second-order valence-corrected chi connectivity index (χ2v) is 10.3. The second-order valence-electron chi connectivity index (χ2n) is 9.85. The van der Waals surface area contributed by atoms with Crippen molar-refractivity contribution in [3.8, 4) is 17.5 Å². The number of hydrogen-bond acceptors (Lipinski definition) is 7. The van der Waals surface area contributed by atoms with E-state index in [2.05, 4.69) is 9.88 Å². The first-order valence-electron chi connectivity index (χ1n) is 12.7. The lowest BCUT2D eigenvalue weighted by Gasteiger charge is -2.31. The average molecular weight is 539 g/mol. The van der Waals surface area contributed by atoms with Gasteiger partial charge in [-0.15, -0.1) is 0 Å². The summed E-state index contributed by atoms with van der Waals surface area (Å²) in [6, 6.07) is 14.5. The molecule has 198 valence electrons. The molecule has 3 atom stereocenters. The summed E-state index contributed by atoms with van der Waals surface area (Å²) in [4.78, 5) is 25.2. The van der Waals surface area contributed by atoms with Gasteiger partial charge >= 0.3 is 6.01 Å². The van der Waals surface area contributed by atoms with Gasteiger partial charge < -0.3 is 20.1 Å². The van der Waals surface area contributed by atoms with Gasteiger partial charge in [0, 0.05) is 43.7 Å². The molecule has 9 nitrogen and oxygen atoms in total. The zero-order chi connectivity index (χ0) is 26.4. The van der Waals surface area contributed by atoms with Crippen LogP contribution >= 0.6 is 11.6 Å². The van der Waals surface area contributed by atoms with Crippen LogP contribution in [0.15, 0.2) is 53.3 Å². The van der Waals surface area contributed by atoms with Crippen LogP contribution in [0.5, 0.6) is 17.5 Å². The van der Waals surface area contributed by atoms with Crippen LogP contribution in [-0.4, -0.2) is 50.5 Å². The van der Waals surface area contributed by atoms with Crippen molar-refractivity contribution in [3.63, 3.8) is 0 Å². The molecular weight excluding hydrogens is 511 g/mol. The van der Waals surface area contributed by atoms with E-state index < -0.39 is 12.3 Å². The number of nitrogens with two attached hydrogens (primary N) is 1. The highest BCUT2D eigenvalue weighted by Gasteiger charge is 2.40. The Bertz CT molecular complexity index is 1560. The Morgan fingerprint density at radius 1 is 1.16 bits per heavy atom. The third kappa shape index (κ3) is 4.81. The molecule has 0 radical (unpaired) electrons. The molecule has 1 aliphatic carbocycles. The molecule has 1 aliphatic heterocycles. The molecule has 11 heteroatoms.